The summed E-state index contributed by atoms with van der Waals surface area (Å²) in [5.74, 6) is 4.50. The largest absolute Gasteiger partial charge is 0.321 e. The predicted molar refractivity (Wildman–Crippen MR) is 141 cm³/mol. The number of non-ortho nitro benzene ring substituents is 1. The van der Waals surface area contributed by atoms with Crippen molar-refractivity contribution in [2.24, 2.45) is 0 Å². The maximum absolute atomic E-state index is 13.0. The van der Waals surface area contributed by atoms with Gasteiger partial charge in [0, 0.05) is 34.4 Å². The normalized spacial score (nSPS) is 10.5. The molecule has 0 saturated carbocycles. The first-order chi connectivity index (χ1) is 18.2. The van der Waals surface area contributed by atoms with Gasteiger partial charge in [0.05, 0.1) is 10.6 Å². The number of hydrogen-bond acceptors (Lipinski definition) is 6. The van der Waals surface area contributed by atoms with Crippen molar-refractivity contribution in [3.05, 3.63) is 135 Å². The molecule has 0 spiro atoms. The molecule has 4 aromatic rings. The van der Waals surface area contributed by atoms with Crippen molar-refractivity contribution in [1.82, 2.24) is 4.72 Å². The summed E-state index contributed by atoms with van der Waals surface area (Å²) in [5.41, 5.74) is 1.46. The fourth-order valence-corrected chi connectivity index (χ4v) is 4.48. The molecule has 4 rings (SSSR count). The van der Waals surface area contributed by atoms with Crippen molar-refractivity contribution in [1.29, 1.82) is 0 Å². The first-order valence-corrected chi connectivity index (χ1v) is 12.6. The van der Waals surface area contributed by atoms with Gasteiger partial charge in [-0.25, -0.2) is 13.1 Å². The summed E-state index contributed by atoms with van der Waals surface area (Å²) in [6, 6.07) is 26.0. The zero-order valence-electron chi connectivity index (χ0n) is 19.6. The first kappa shape index (κ1) is 25.8. The number of hydrogen-bond donors (Lipinski definition) is 2. The Kier molecular flexibility index (Phi) is 7.61. The standard InChI is InChI=1S/C28H19N3O6S/c32-27(22-14-12-21(13-15-22)11-10-20-6-2-1-3-7-20)29-25-8-4-5-9-26(25)38(36,37)30-28(33)23-16-18-24(19-17-23)31(34)35/h1-9,12-19H,(H,29,32)(H,30,33). The summed E-state index contributed by atoms with van der Waals surface area (Å²) in [7, 11) is -4.40. The highest BCUT2D eigenvalue weighted by molar-refractivity contribution is 7.90. The lowest BCUT2D eigenvalue weighted by atomic mass is 10.1. The number of carbonyl (C=O) groups excluding carboxylic acids is 2. The predicted octanol–water partition coefficient (Wildman–Crippen LogP) is 4.37. The van der Waals surface area contributed by atoms with Gasteiger partial charge in [0.15, 0.2) is 0 Å². The van der Waals surface area contributed by atoms with Crippen LogP contribution < -0.4 is 10.0 Å². The molecular weight excluding hydrogens is 506 g/mol. The molecule has 0 aliphatic carbocycles. The van der Waals surface area contributed by atoms with E-state index in [1.54, 1.807) is 24.3 Å². The van der Waals surface area contributed by atoms with Gasteiger partial charge in [0.2, 0.25) is 0 Å². The Morgan fingerprint density at radius 3 is 1.84 bits per heavy atom. The van der Waals surface area contributed by atoms with E-state index in [0.717, 1.165) is 29.8 Å². The number of amides is 2. The van der Waals surface area contributed by atoms with Crippen LogP contribution in [0.3, 0.4) is 0 Å². The highest BCUT2D eigenvalue weighted by Gasteiger charge is 2.23. The Labute approximate surface area is 218 Å². The number of rotatable bonds is 6. The molecule has 2 amide bonds. The van der Waals surface area contributed by atoms with Crippen molar-refractivity contribution in [3.8, 4) is 11.8 Å². The molecule has 4 aromatic carbocycles. The number of benzene rings is 4. The quantitative estimate of drug-likeness (QED) is 0.218. The first-order valence-electron chi connectivity index (χ1n) is 11.1. The van der Waals surface area contributed by atoms with E-state index in [2.05, 4.69) is 17.2 Å². The Hall–Kier alpha value is -5.27. The Balaban J connectivity index is 1.48. The molecule has 0 heterocycles. The highest BCUT2D eigenvalue weighted by atomic mass is 32.2. The van der Waals surface area contributed by atoms with Crippen molar-refractivity contribution in [3.63, 3.8) is 0 Å². The number of carbonyl (C=O) groups is 2. The van der Waals surface area contributed by atoms with Gasteiger partial charge >= 0.3 is 0 Å². The van der Waals surface area contributed by atoms with E-state index < -0.39 is 26.8 Å². The van der Waals surface area contributed by atoms with Crippen LogP contribution in [0.1, 0.15) is 31.8 Å². The maximum atomic E-state index is 13.0. The summed E-state index contributed by atoms with van der Waals surface area (Å²) < 4.78 is 27.8. The second-order valence-corrected chi connectivity index (χ2v) is 9.53. The molecule has 2 N–H and O–H groups in total. The second-order valence-electron chi connectivity index (χ2n) is 7.88. The lowest BCUT2D eigenvalue weighted by Gasteiger charge is -2.13. The SMILES string of the molecule is O=C(Nc1ccccc1S(=O)(=O)NC(=O)c1ccc([N+](=O)[O-])cc1)c1ccc(C#Cc2ccccc2)cc1. The number of nitrogens with zero attached hydrogens (tertiary/aromatic N) is 1. The smallest absolute Gasteiger partial charge is 0.269 e. The third-order valence-electron chi connectivity index (χ3n) is 5.26. The van der Waals surface area contributed by atoms with Crippen LogP contribution in [0, 0.1) is 22.0 Å². The van der Waals surface area contributed by atoms with E-state index in [-0.39, 0.29) is 27.4 Å². The van der Waals surface area contributed by atoms with E-state index in [1.165, 1.54) is 24.3 Å². The molecule has 0 radical (unpaired) electrons. The number of nitro groups is 1. The van der Waals surface area contributed by atoms with Gasteiger partial charge in [-0.15, -0.1) is 0 Å². The van der Waals surface area contributed by atoms with Crippen molar-refractivity contribution in [2.45, 2.75) is 4.90 Å². The summed E-state index contributed by atoms with van der Waals surface area (Å²) in [6.07, 6.45) is 0. The molecule has 0 atom stereocenters. The summed E-state index contributed by atoms with van der Waals surface area (Å²) in [5, 5.41) is 13.4. The molecule has 10 heteroatoms. The van der Waals surface area contributed by atoms with Gasteiger partial charge in [-0.2, -0.15) is 0 Å². The van der Waals surface area contributed by atoms with E-state index >= 15 is 0 Å². The molecule has 0 saturated heterocycles. The van der Waals surface area contributed by atoms with E-state index in [1.807, 2.05) is 35.1 Å². The fourth-order valence-electron chi connectivity index (χ4n) is 3.34. The van der Waals surface area contributed by atoms with Crippen LogP contribution in [0.2, 0.25) is 0 Å². The molecule has 0 aromatic heterocycles. The Morgan fingerprint density at radius 1 is 0.684 bits per heavy atom. The molecule has 0 bridgehead atoms. The Bertz CT molecular complexity index is 1670. The van der Waals surface area contributed by atoms with Crippen molar-refractivity contribution < 1.29 is 22.9 Å². The highest BCUT2D eigenvalue weighted by Crippen LogP contribution is 2.22. The summed E-state index contributed by atoms with van der Waals surface area (Å²) >= 11 is 0. The van der Waals surface area contributed by atoms with Gasteiger partial charge < -0.3 is 5.32 Å². The minimum atomic E-state index is -4.40. The molecule has 0 aliphatic rings. The molecule has 38 heavy (non-hydrogen) atoms. The number of nitro benzene ring substituents is 1. The molecule has 188 valence electrons. The molecule has 9 nitrogen and oxygen atoms in total. The monoisotopic (exact) mass is 525 g/mol. The van der Waals surface area contributed by atoms with E-state index in [4.69, 9.17) is 0 Å². The summed E-state index contributed by atoms with van der Waals surface area (Å²) in [4.78, 5) is 35.1. The third kappa shape index (κ3) is 6.29. The van der Waals surface area contributed by atoms with Crippen molar-refractivity contribution >= 4 is 33.2 Å². The van der Waals surface area contributed by atoms with Crippen molar-refractivity contribution in [2.75, 3.05) is 5.32 Å². The molecular formula is C28H19N3O6S. The molecule has 0 fully saturated rings. The van der Waals surface area contributed by atoms with Gasteiger partial charge in [0.1, 0.15) is 4.90 Å². The summed E-state index contributed by atoms with van der Waals surface area (Å²) in [6.45, 7) is 0. The van der Waals surface area contributed by atoms with Gasteiger partial charge in [-0.1, -0.05) is 42.2 Å². The van der Waals surface area contributed by atoms with Crippen LogP contribution in [-0.2, 0) is 10.0 Å². The Morgan fingerprint density at radius 2 is 1.21 bits per heavy atom. The maximum Gasteiger partial charge on any atom is 0.269 e. The van der Waals surface area contributed by atoms with E-state index in [0.29, 0.717) is 5.56 Å². The van der Waals surface area contributed by atoms with Gasteiger partial charge in [0.25, 0.3) is 27.5 Å². The molecule has 0 aliphatic heterocycles. The molecule has 0 unspecified atom stereocenters. The minimum absolute atomic E-state index is 0.0329. The van der Waals surface area contributed by atoms with Gasteiger partial charge in [-0.3, -0.25) is 19.7 Å². The van der Waals surface area contributed by atoms with Crippen LogP contribution in [0.25, 0.3) is 0 Å². The lowest BCUT2D eigenvalue weighted by molar-refractivity contribution is -0.384. The van der Waals surface area contributed by atoms with Gasteiger partial charge in [-0.05, 0) is 60.7 Å². The lowest BCUT2D eigenvalue weighted by Crippen LogP contribution is -2.31. The zero-order valence-corrected chi connectivity index (χ0v) is 20.4. The number of sulfonamides is 1. The zero-order chi connectivity index (χ0) is 27.1. The minimum Gasteiger partial charge on any atom is -0.321 e. The number of nitrogens with one attached hydrogen (secondary N) is 2. The fraction of sp³-hybridized carbons (Fsp3) is 0. The van der Waals surface area contributed by atoms with Crippen LogP contribution in [-0.4, -0.2) is 25.2 Å². The van der Waals surface area contributed by atoms with Crippen LogP contribution >= 0.6 is 0 Å². The van der Waals surface area contributed by atoms with Crippen LogP contribution in [0.15, 0.2) is 108 Å². The third-order valence-corrected chi connectivity index (χ3v) is 6.65. The second kappa shape index (κ2) is 11.2. The number of para-hydroxylation sites is 1. The topological polar surface area (TPSA) is 135 Å². The average molecular weight is 526 g/mol. The van der Waals surface area contributed by atoms with Crippen LogP contribution in [0.5, 0.6) is 0 Å². The average Bonchev–Trinajstić information content (AvgIpc) is 2.92. The van der Waals surface area contributed by atoms with E-state index in [9.17, 15) is 28.1 Å². The number of anilines is 1. The van der Waals surface area contributed by atoms with Crippen LogP contribution in [0.4, 0.5) is 11.4 Å².